The number of carbonyl (C=O) groups is 1. The van der Waals surface area contributed by atoms with Gasteiger partial charge in [-0.05, 0) is 98.8 Å². The number of carboxylic acids is 1. The number of halogens is 1. The summed E-state index contributed by atoms with van der Waals surface area (Å²) in [4.78, 5) is 20.7. The number of hydrogen-bond acceptors (Lipinski definition) is 9. The first kappa shape index (κ1) is 36.5. The lowest BCUT2D eigenvalue weighted by Crippen LogP contribution is -2.44. The Balaban J connectivity index is 1.08. The molecule has 0 amide bonds. The number of piperidine rings is 1. The van der Waals surface area contributed by atoms with Gasteiger partial charge in [-0.2, -0.15) is 5.26 Å². The maximum absolute atomic E-state index is 12.1. The van der Waals surface area contributed by atoms with Crippen molar-refractivity contribution in [2.75, 3.05) is 32.8 Å². The van der Waals surface area contributed by atoms with Gasteiger partial charge in [0.1, 0.15) is 49.5 Å². The number of aliphatic carboxylic acids is 1. The molecule has 0 bridgehead atoms. The predicted octanol–water partition coefficient (Wildman–Crippen LogP) is 7.80. The van der Waals surface area contributed by atoms with Gasteiger partial charge in [-0.1, -0.05) is 42.3 Å². The molecule has 53 heavy (non-hydrogen) atoms. The molecule has 0 saturated carbocycles. The van der Waals surface area contributed by atoms with Crippen LogP contribution in [0.15, 0.2) is 67.0 Å². The average molecular weight is 737 g/mol. The van der Waals surface area contributed by atoms with Crippen LogP contribution in [-0.4, -0.2) is 70.8 Å². The van der Waals surface area contributed by atoms with Crippen molar-refractivity contribution >= 4 is 17.6 Å². The largest absolute Gasteiger partial charge is 0.488 e. The number of nitriles is 1. The van der Waals surface area contributed by atoms with Crippen LogP contribution in [0.25, 0.3) is 11.1 Å². The lowest BCUT2D eigenvalue weighted by molar-refractivity contribution is -0.144. The molecule has 1 aromatic heterocycles. The van der Waals surface area contributed by atoms with Gasteiger partial charge in [0.05, 0.1) is 10.6 Å². The fraction of sp³-hybridized carbons (Fsp3) is 0.405. The molecule has 4 heterocycles. The number of aromatic nitrogens is 1. The van der Waals surface area contributed by atoms with Crippen LogP contribution < -0.4 is 18.9 Å². The second-order valence-electron chi connectivity index (χ2n) is 14.1. The SMILES string of the molecule is Cc1c(COc2cc(OCc3cncc(C#N)c3)c(CN3CCCCC3C(=O)O)cc2Cl)cccc1-c1ccc2c(c1)OC(CCN1CCCC1)CO2. The third kappa shape index (κ3) is 8.87. The number of pyridine rings is 1. The molecular weight excluding hydrogens is 692 g/mol. The Morgan fingerprint density at radius 1 is 0.981 bits per heavy atom. The Morgan fingerprint density at radius 3 is 2.64 bits per heavy atom. The first-order valence-electron chi connectivity index (χ1n) is 18.5. The molecule has 4 aromatic rings. The fourth-order valence-electron chi connectivity index (χ4n) is 7.48. The molecule has 0 radical (unpaired) electrons. The summed E-state index contributed by atoms with van der Waals surface area (Å²) in [7, 11) is 0. The lowest BCUT2D eigenvalue weighted by Gasteiger charge is -2.33. The zero-order valence-electron chi connectivity index (χ0n) is 30.1. The molecule has 7 rings (SSSR count). The Hall–Kier alpha value is -4.82. The number of benzene rings is 3. The Morgan fingerprint density at radius 2 is 1.81 bits per heavy atom. The minimum atomic E-state index is -0.830. The highest BCUT2D eigenvalue weighted by molar-refractivity contribution is 6.32. The first-order chi connectivity index (χ1) is 25.8. The summed E-state index contributed by atoms with van der Waals surface area (Å²) in [6.45, 7) is 7.48. The zero-order chi connectivity index (χ0) is 36.7. The van der Waals surface area contributed by atoms with Crippen molar-refractivity contribution in [1.29, 1.82) is 5.26 Å². The van der Waals surface area contributed by atoms with E-state index in [-0.39, 0.29) is 19.3 Å². The molecule has 3 aliphatic rings. The summed E-state index contributed by atoms with van der Waals surface area (Å²) < 4.78 is 25.2. The van der Waals surface area contributed by atoms with E-state index in [1.807, 2.05) is 23.1 Å². The van der Waals surface area contributed by atoms with Crippen LogP contribution in [0, 0.1) is 18.3 Å². The molecule has 3 aliphatic heterocycles. The number of carboxylic acid groups (broad SMARTS) is 1. The first-order valence-corrected chi connectivity index (χ1v) is 18.9. The van der Waals surface area contributed by atoms with Crippen LogP contribution in [-0.2, 0) is 24.6 Å². The molecule has 2 unspecified atom stereocenters. The van der Waals surface area contributed by atoms with Gasteiger partial charge in [-0.3, -0.25) is 14.7 Å². The quantitative estimate of drug-likeness (QED) is 0.146. The lowest BCUT2D eigenvalue weighted by atomic mass is 9.96. The van der Waals surface area contributed by atoms with Gasteiger partial charge in [0.15, 0.2) is 11.5 Å². The van der Waals surface area contributed by atoms with E-state index in [1.54, 1.807) is 24.4 Å². The van der Waals surface area contributed by atoms with E-state index in [4.69, 9.17) is 30.5 Å². The van der Waals surface area contributed by atoms with Gasteiger partial charge < -0.3 is 29.0 Å². The van der Waals surface area contributed by atoms with Crippen molar-refractivity contribution in [1.82, 2.24) is 14.8 Å². The van der Waals surface area contributed by atoms with Crippen LogP contribution in [0.2, 0.25) is 5.02 Å². The fourth-order valence-corrected chi connectivity index (χ4v) is 7.72. The molecule has 11 heteroatoms. The number of hydrogen-bond donors (Lipinski definition) is 1. The highest BCUT2D eigenvalue weighted by Crippen LogP contribution is 2.39. The maximum atomic E-state index is 12.1. The molecule has 2 saturated heterocycles. The second-order valence-corrected chi connectivity index (χ2v) is 14.5. The molecule has 276 valence electrons. The zero-order valence-corrected chi connectivity index (χ0v) is 30.8. The summed E-state index contributed by atoms with van der Waals surface area (Å²) in [6.07, 6.45) is 9.08. The highest BCUT2D eigenvalue weighted by Gasteiger charge is 2.30. The molecule has 2 atom stereocenters. The molecule has 3 aromatic carbocycles. The van der Waals surface area contributed by atoms with Crippen molar-refractivity contribution in [2.45, 2.75) is 77.4 Å². The monoisotopic (exact) mass is 736 g/mol. The van der Waals surface area contributed by atoms with Crippen molar-refractivity contribution in [3.05, 3.63) is 99.8 Å². The Kier molecular flexibility index (Phi) is 11.6. The van der Waals surface area contributed by atoms with E-state index in [2.05, 4.69) is 41.1 Å². The average Bonchev–Trinajstić information content (AvgIpc) is 3.71. The predicted molar refractivity (Wildman–Crippen MR) is 202 cm³/mol. The van der Waals surface area contributed by atoms with Crippen molar-refractivity contribution in [3.63, 3.8) is 0 Å². The summed E-state index contributed by atoms with van der Waals surface area (Å²) >= 11 is 6.86. The molecule has 0 aliphatic carbocycles. The van der Waals surface area contributed by atoms with Gasteiger partial charge in [0.2, 0.25) is 0 Å². The van der Waals surface area contributed by atoms with E-state index < -0.39 is 12.0 Å². The molecule has 1 N–H and O–H groups in total. The van der Waals surface area contributed by atoms with Crippen LogP contribution in [0.5, 0.6) is 23.0 Å². The van der Waals surface area contributed by atoms with E-state index in [1.165, 1.54) is 32.1 Å². The topological polar surface area (TPSA) is 117 Å². The van der Waals surface area contributed by atoms with Crippen molar-refractivity contribution in [2.24, 2.45) is 0 Å². The normalized spacial score (nSPS) is 18.7. The number of ether oxygens (including phenoxy) is 4. The third-order valence-corrected chi connectivity index (χ3v) is 10.8. The summed E-state index contributed by atoms with van der Waals surface area (Å²) in [5.41, 5.74) is 6.12. The minimum Gasteiger partial charge on any atom is -0.488 e. The highest BCUT2D eigenvalue weighted by atomic mass is 35.5. The molecule has 10 nitrogen and oxygen atoms in total. The Bertz CT molecular complexity index is 1980. The smallest absolute Gasteiger partial charge is 0.320 e. The van der Waals surface area contributed by atoms with Gasteiger partial charge in [-0.15, -0.1) is 0 Å². The number of nitrogens with zero attached hydrogens (tertiary/aromatic N) is 4. The third-order valence-electron chi connectivity index (χ3n) is 10.5. The number of fused-ring (bicyclic) bond motifs is 1. The standard InChI is InChI=1S/C42H45ClN4O6/c1-28-32(7-6-8-35(28)31-10-11-38-41(19-31)53-34(27-52-38)12-16-46-13-4-5-14-46)26-51-40-20-39(50-25-30-17-29(21-44)22-45-23-30)33(18-36(40)43)24-47-15-3-2-9-37(47)42(48)49/h6-8,10-11,17-20,22-23,34,37H,2-5,9,12-16,24-27H2,1H3,(H,48,49). The van der Waals surface area contributed by atoms with Gasteiger partial charge in [-0.25, -0.2) is 0 Å². The Labute approximate surface area is 315 Å². The second kappa shape index (κ2) is 16.9. The van der Waals surface area contributed by atoms with Gasteiger partial charge in [0, 0.05) is 49.1 Å². The maximum Gasteiger partial charge on any atom is 0.320 e. The van der Waals surface area contributed by atoms with Crippen LogP contribution in [0.1, 0.15) is 66.3 Å². The summed E-state index contributed by atoms with van der Waals surface area (Å²) in [5.74, 6) is 1.69. The van der Waals surface area contributed by atoms with Crippen LogP contribution >= 0.6 is 11.6 Å². The summed E-state index contributed by atoms with van der Waals surface area (Å²) in [6, 6.07) is 19.1. The van der Waals surface area contributed by atoms with Crippen LogP contribution in [0.3, 0.4) is 0 Å². The van der Waals surface area contributed by atoms with Gasteiger partial charge >= 0.3 is 5.97 Å². The molecular formula is C42H45ClN4O6. The van der Waals surface area contributed by atoms with E-state index >= 15 is 0 Å². The van der Waals surface area contributed by atoms with Crippen molar-refractivity contribution in [3.8, 4) is 40.2 Å². The van der Waals surface area contributed by atoms with Crippen molar-refractivity contribution < 1.29 is 28.8 Å². The van der Waals surface area contributed by atoms with E-state index in [9.17, 15) is 15.2 Å². The van der Waals surface area contributed by atoms with Gasteiger partial charge in [0.25, 0.3) is 0 Å². The number of likely N-dealkylation sites (tertiary alicyclic amines) is 2. The van der Waals surface area contributed by atoms with Crippen LogP contribution in [0.4, 0.5) is 0 Å². The van der Waals surface area contributed by atoms with E-state index in [0.717, 1.165) is 70.7 Å². The number of rotatable bonds is 13. The minimum absolute atomic E-state index is 0.0296. The summed E-state index contributed by atoms with van der Waals surface area (Å²) in [5, 5.41) is 19.7. The van der Waals surface area contributed by atoms with E-state index in [0.29, 0.717) is 48.2 Å². The molecule has 0 spiro atoms. The molecule has 2 fully saturated rings.